The Kier molecular flexibility index (Phi) is 5.22. The average Bonchev–Trinajstić information content (AvgIpc) is 2.91. The van der Waals surface area contributed by atoms with Gasteiger partial charge >= 0.3 is 0 Å². The van der Waals surface area contributed by atoms with Gasteiger partial charge in [0, 0.05) is 6.61 Å². The van der Waals surface area contributed by atoms with Crippen LogP contribution in [0.3, 0.4) is 0 Å². The normalized spacial score (nSPS) is 24.0. The minimum atomic E-state index is -0.0632. The third kappa shape index (κ3) is 3.07. The highest BCUT2D eigenvalue weighted by atomic mass is 16.5. The predicted molar refractivity (Wildman–Crippen MR) is 85.2 cm³/mol. The standard InChI is InChI=1S/C18H29NO/c1-5-14-9-10-15(6-2)16(13-14)17(19-7-3)18(4)11-8-12-20-18/h9-10,13,17,19H,5-8,11-12H2,1-4H3. The van der Waals surface area contributed by atoms with Crippen LogP contribution in [0.4, 0.5) is 0 Å². The van der Waals surface area contributed by atoms with Crippen LogP contribution in [0.2, 0.25) is 0 Å². The summed E-state index contributed by atoms with van der Waals surface area (Å²) in [5, 5.41) is 3.68. The van der Waals surface area contributed by atoms with Gasteiger partial charge in [-0.25, -0.2) is 0 Å². The van der Waals surface area contributed by atoms with Crippen molar-refractivity contribution in [3.63, 3.8) is 0 Å². The van der Waals surface area contributed by atoms with Crippen molar-refractivity contribution in [1.29, 1.82) is 0 Å². The second-order valence-electron chi connectivity index (χ2n) is 6.00. The molecule has 1 aromatic rings. The van der Waals surface area contributed by atoms with E-state index in [-0.39, 0.29) is 5.60 Å². The monoisotopic (exact) mass is 275 g/mol. The van der Waals surface area contributed by atoms with E-state index in [1.165, 1.54) is 23.1 Å². The van der Waals surface area contributed by atoms with Gasteiger partial charge in [-0.1, -0.05) is 39.0 Å². The van der Waals surface area contributed by atoms with Gasteiger partial charge in [0.1, 0.15) is 0 Å². The number of hydrogen-bond acceptors (Lipinski definition) is 2. The lowest BCUT2D eigenvalue weighted by molar-refractivity contribution is -0.0123. The highest BCUT2D eigenvalue weighted by Gasteiger charge is 2.39. The predicted octanol–water partition coefficient (Wildman–Crippen LogP) is 4.03. The maximum absolute atomic E-state index is 6.12. The number of ether oxygens (including phenoxy) is 1. The second-order valence-corrected chi connectivity index (χ2v) is 6.00. The summed E-state index contributed by atoms with van der Waals surface area (Å²) >= 11 is 0. The van der Waals surface area contributed by atoms with Crippen LogP contribution < -0.4 is 5.32 Å². The Morgan fingerprint density at radius 3 is 2.60 bits per heavy atom. The minimum absolute atomic E-state index is 0.0632. The van der Waals surface area contributed by atoms with Gasteiger partial charge in [-0.2, -0.15) is 0 Å². The fourth-order valence-corrected chi connectivity index (χ4v) is 3.34. The topological polar surface area (TPSA) is 21.3 Å². The van der Waals surface area contributed by atoms with Gasteiger partial charge in [0.2, 0.25) is 0 Å². The van der Waals surface area contributed by atoms with Crippen molar-refractivity contribution in [2.45, 2.75) is 65.0 Å². The number of benzene rings is 1. The molecule has 0 amide bonds. The summed E-state index contributed by atoms with van der Waals surface area (Å²) in [6.07, 6.45) is 4.49. The van der Waals surface area contributed by atoms with Crippen molar-refractivity contribution < 1.29 is 4.74 Å². The van der Waals surface area contributed by atoms with E-state index in [1.54, 1.807) is 0 Å². The number of nitrogens with one attached hydrogen (secondary N) is 1. The van der Waals surface area contributed by atoms with E-state index in [0.29, 0.717) is 6.04 Å². The van der Waals surface area contributed by atoms with E-state index < -0.39 is 0 Å². The summed E-state index contributed by atoms with van der Waals surface area (Å²) < 4.78 is 6.12. The molecule has 20 heavy (non-hydrogen) atoms. The summed E-state index contributed by atoms with van der Waals surface area (Å²) in [7, 11) is 0. The van der Waals surface area contributed by atoms with Crippen molar-refractivity contribution in [2.24, 2.45) is 0 Å². The molecule has 0 aliphatic carbocycles. The molecule has 1 fully saturated rings. The molecule has 2 rings (SSSR count). The molecular formula is C18H29NO. The largest absolute Gasteiger partial charge is 0.373 e. The molecule has 112 valence electrons. The Hall–Kier alpha value is -0.860. The lowest BCUT2D eigenvalue weighted by Gasteiger charge is -2.35. The van der Waals surface area contributed by atoms with Crippen LogP contribution in [0.15, 0.2) is 18.2 Å². The zero-order valence-electron chi connectivity index (χ0n) is 13.5. The van der Waals surface area contributed by atoms with E-state index in [2.05, 4.69) is 51.2 Å². The molecule has 2 nitrogen and oxygen atoms in total. The second kappa shape index (κ2) is 6.73. The van der Waals surface area contributed by atoms with E-state index in [0.717, 1.165) is 32.4 Å². The maximum Gasteiger partial charge on any atom is 0.0849 e. The van der Waals surface area contributed by atoms with Crippen molar-refractivity contribution >= 4 is 0 Å². The van der Waals surface area contributed by atoms with Crippen molar-refractivity contribution in [3.8, 4) is 0 Å². The highest BCUT2D eigenvalue weighted by molar-refractivity contribution is 5.36. The molecule has 1 heterocycles. The van der Waals surface area contributed by atoms with Crippen LogP contribution in [-0.2, 0) is 17.6 Å². The van der Waals surface area contributed by atoms with Crippen LogP contribution >= 0.6 is 0 Å². The Balaban J connectivity index is 2.42. The molecule has 1 aliphatic heterocycles. The van der Waals surface area contributed by atoms with Gasteiger partial charge in [-0.05, 0) is 55.8 Å². The quantitative estimate of drug-likeness (QED) is 0.846. The molecule has 0 bridgehead atoms. The molecule has 2 atom stereocenters. The number of rotatable bonds is 6. The van der Waals surface area contributed by atoms with Crippen molar-refractivity contribution in [3.05, 3.63) is 34.9 Å². The van der Waals surface area contributed by atoms with Crippen LogP contribution in [0.1, 0.15) is 63.3 Å². The number of aryl methyl sites for hydroxylation is 2. The first-order valence-corrected chi connectivity index (χ1v) is 8.13. The zero-order chi connectivity index (χ0) is 14.6. The van der Waals surface area contributed by atoms with Crippen molar-refractivity contribution in [2.75, 3.05) is 13.2 Å². The van der Waals surface area contributed by atoms with Gasteiger partial charge in [-0.15, -0.1) is 0 Å². The first-order chi connectivity index (χ1) is 9.64. The molecule has 2 heteroatoms. The van der Waals surface area contributed by atoms with Crippen LogP contribution in [0, 0.1) is 0 Å². The Morgan fingerprint density at radius 1 is 1.25 bits per heavy atom. The average molecular weight is 275 g/mol. The van der Waals surface area contributed by atoms with Crippen molar-refractivity contribution in [1.82, 2.24) is 5.32 Å². The van der Waals surface area contributed by atoms with E-state index in [4.69, 9.17) is 4.74 Å². The fourth-order valence-electron chi connectivity index (χ4n) is 3.34. The van der Waals surface area contributed by atoms with E-state index >= 15 is 0 Å². The van der Waals surface area contributed by atoms with E-state index in [9.17, 15) is 0 Å². The third-order valence-corrected chi connectivity index (χ3v) is 4.58. The summed E-state index contributed by atoms with van der Waals surface area (Å²) in [5.74, 6) is 0. The third-order valence-electron chi connectivity index (χ3n) is 4.58. The zero-order valence-corrected chi connectivity index (χ0v) is 13.5. The minimum Gasteiger partial charge on any atom is -0.373 e. The molecule has 1 saturated heterocycles. The Morgan fingerprint density at radius 2 is 2.05 bits per heavy atom. The number of hydrogen-bond donors (Lipinski definition) is 1. The first kappa shape index (κ1) is 15.5. The SMILES string of the molecule is CCNC(c1cc(CC)ccc1CC)C1(C)CCCO1. The molecule has 0 saturated carbocycles. The van der Waals surface area contributed by atoms with Gasteiger partial charge in [0.25, 0.3) is 0 Å². The molecular weight excluding hydrogens is 246 g/mol. The summed E-state index contributed by atoms with van der Waals surface area (Å²) in [6, 6.07) is 7.26. The molecule has 2 unspecified atom stereocenters. The molecule has 1 aliphatic rings. The van der Waals surface area contributed by atoms with Gasteiger partial charge in [-0.3, -0.25) is 0 Å². The number of likely N-dealkylation sites (N-methyl/N-ethyl adjacent to an activating group) is 1. The lowest BCUT2D eigenvalue weighted by Crippen LogP contribution is -2.41. The van der Waals surface area contributed by atoms with Gasteiger partial charge < -0.3 is 10.1 Å². The molecule has 0 aromatic heterocycles. The molecule has 0 spiro atoms. The summed E-state index contributed by atoms with van der Waals surface area (Å²) in [4.78, 5) is 0. The fraction of sp³-hybridized carbons (Fsp3) is 0.667. The Bertz CT molecular complexity index is 435. The van der Waals surface area contributed by atoms with Crippen LogP contribution in [0.5, 0.6) is 0 Å². The van der Waals surface area contributed by atoms with Crippen LogP contribution in [0.25, 0.3) is 0 Å². The van der Waals surface area contributed by atoms with Gasteiger partial charge in [0.05, 0.1) is 11.6 Å². The first-order valence-electron chi connectivity index (χ1n) is 8.13. The summed E-state index contributed by atoms with van der Waals surface area (Å²) in [5.41, 5.74) is 4.25. The maximum atomic E-state index is 6.12. The smallest absolute Gasteiger partial charge is 0.0849 e. The van der Waals surface area contributed by atoms with Crippen LogP contribution in [-0.4, -0.2) is 18.8 Å². The highest BCUT2D eigenvalue weighted by Crippen LogP contribution is 2.39. The lowest BCUT2D eigenvalue weighted by atomic mass is 9.84. The molecule has 0 radical (unpaired) electrons. The Labute approximate surface area is 123 Å². The molecule has 1 N–H and O–H groups in total. The van der Waals surface area contributed by atoms with Gasteiger partial charge in [0.15, 0.2) is 0 Å². The molecule has 1 aromatic carbocycles. The summed E-state index contributed by atoms with van der Waals surface area (Å²) in [6.45, 7) is 10.8. The van der Waals surface area contributed by atoms with E-state index in [1.807, 2.05) is 0 Å².